The SMILES string of the molecule is CC(C)n1ncc(CCO)c1N. The summed E-state index contributed by atoms with van der Waals surface area (Å²) in [5.41, 5.74) is 6.70. The Labute approximate surface area is 72.0 Å². The van der Waals surface area contributed by atoms with E-state index in [4.69, 9.17) is 10.8 Å². The van der Waals surface area contributed by atoms with Crippen molar-refractivity contribution in [3.05, 3.63) is 11.8 Å². The van der Waals surface area contributed by atoms with Crippen LogP contribution in [0.1, 0.15) is 25.5 Å². The number of aliphatic hydroxyl groups excluding tert-OH is 1. The smallest absolute Gasteiger partial charge is 0.125 e. The van der Waals surface area contributed by atoms with Gasteiger partial charge in [-0.3, -0.25) is 0 Å². The van der Waals surface area contributed by atoms with E-state index in [1.807, 2.05) is 13.8 Å². The van der Waals surface area contributed by atoms with Gasteiger partial charge in [-0.05, 0) is 13.8 Å². The van der Waals surface area contributed by atoms with E-state index in [1.165, 1.54) is 0 Å². The maximum Gasteiger partial charge on any atom is 0.125 e. The van der Waals surface area contributed by atoms with E-state index in [0.717, 1.165) is 5.56 Å². The van der Waals surface area contributed by atoms with Gasteiger partial charge < -0.3 is 10.8 Å². The van der Waals surface area contributed by atoms with E-state index in [0.29, 0.717) is 12.2 Å². The maximum atomic E-state index is 8.70. The third-order valence-electron chi connectivity index (χ3n) is 1.78. The lowest BCUT2D eigenvalue weighted by Crippen LogP contribution is -2.07. The molecule has 12 heavy (non-hydrogen) atoms. The number of hydrogen-bond acceptors (Lipinski definition) is 3. The van der Waals surface area contributed by atoms with Crippen LogP contribution in [0.2, 0.25) is 0 Å². The van der Waals surface area contributed by atoms with E-state index in [-0.39, 0.29) is 12.6 Å². The third kappa shape index (κ3) is 1.58. The number of nitrogens with zero attached hydrogens (tertiary/aromatic N) is 2. The summed E-state index contributed by atoms with van der Waals surface area (Å²) < 4.78 is 1.75. The van der Waals surface area contributed by atoms with Crippen molar-refractivity contribution in [3.63, 3.8) is 0 Å². The molecule has 0 spiro atoms. The molecule has 0 atom stereocenters. The Bertz CT molecular complexity index is 255. The van der Waals surface area contributed by atoms with Crippen LogP contribution in [0.4, 0.5) is 5.82 Å². The first-order valence-corrected chi connectivity index (χ1v) is 4.09. The van der Waals surface area contributed by atoms with E-state index in [1.54, 1.807) is 10.9 Å². The van der Waals surface area contributed by atoms with E-state index in [9.17, 15) is 0 Å². The van der Waals surface area contributed by atoms with Gasteiger partial charge in [-0.2, -0.15) is 5.10 Å². The largest absolute Gasteiger partial charge is 0.396 e. The van der Waals surface area contributed by atoms with Gasteiger partial charge in [-0.1, -0.05) is 0 Å². The zero-order valence-electron chi connectivity index (χ0n) is 7.49. The Hall–Kier alpha value is -1.03. The summed E-state index contributed by atoms with van der Waals surface area (Å²) in [6.07, 6.45) is 2.30. The predicted molar refractivity (Wildman–Crippen MR) is 47.8 cm³/mol. The predicted octanol–water partition coefficient (Wildman–Crippen LogP) is 0.581. The standard InChI is InChI=1S/C8H15N3O/c1-6(2)11-8(9)7(3-4-12)5-10-11/h5-6,12H,3-4,9H2,1-2H3. The number of nitrogen functional groups attached to an aromatic ring is 1. The molecule has 0 saturated carbocycles. The van der Waals surface area contributed by atoms with Crippen LogP contribution in [-0.4, -0.2) is 21.5 Å². The first kappa shape index (κ1) is 9.06. The topological polar surface area (TPSA) is 64.1 Å². The molecule has 4 nitrogen and oxygen atoms in total. The number of hydrogen-bond donors (Lipinski definition) is 2. The molecule has 0 saturated heterocycles. The molecule has 0 amide bonds. The number of anilines is 1. The highest BCUT2D eigenvalue weighted by Gasteiger charge is 2.08. The number of aliphatic hydroxyl groups is 1. The minimum atomic E-state index is 0.119. The minimum Gasteiger partial charge on any atom is -0.396 e. The number of nitrogens with two attached hydrogens (primary N) is 1. The molecule has 4 heteroatoms. The number of aromatic nitrogens is 2. The van der Waals surface area contributed by atoms with Crippen molar-refractivity contribution < 1.29 is 5.11 Å². The highest BCUT2D eigenvalue weighted by molar-refractivity contribution is 5.39. The van der Waals surface area contributed by atoms with Crippen molar-refractivity contribution in [1.29, 1.82) is 0 Å². The molecule has 0 aliphatic heterocycles. The monoisotopic (exact) mass is 169 g/mol. The fourth-order valence-electron chi connectivity index (χ4n) is 1.13. The minimum absolute atomic E-state index is 0.119. The van der Waals surface area contributed by atoms with Gasteiger partial charge >= 0.3 is 0 Å². The fraction of sp³-hybridized carbons (Fsp3) is 0.625. The second kappa shape index (κ2) is 3.58. The second-order valence-corrected chi connectivity index (χ2v) is 3.07. The molecule has 1 aromatic rings. The lowest BCUT2D eigenvalue weighted by molar-refractivity contribution is 0.300. The van der Waals surface area contributed by atoms with Crippen LogP contribution in [0, 0.1) is 0 Å². The Balaban J connectivity index is 2.88. The molecule has 0 aromatic carbocycles. The quantitative estimate of drug-likeness (QED) is 0.695. The molecule has 0 aliphatic rings. The lowest BCUT2D eigenvalue weighted by Gasteiger charge is -2.07. The lowest BCUT2D eigenvalue weighted by atomic mass is 10.2. The van der Waals surface area contributed by atoms with Crippen LogP contribution in [0.15, 0.2) is 6.20 Å². The van der Waals surface area contributed by atoms with E-state index >= 15 is 0 Å². The Morgan fingerprint density at radius 2 is 2.33 bits per heavy atom. The summed E-state index contributed by atoms with van der Waals surface area (Å²) in [4.78, 5) is 0. The highest BCUT2D eigenvalue weighted by Crippen LogP contribution is 2.15. The van der Waals surface area contributed by atoms with Gasteiger partial charge in [0.2, 0.25) is 0 Å². The number of rotatable bonds is 3. The van der Waals surface area contributed by atoms with Gasteiger partial charge in [-0.15, -0.1) is 0 Å². The average molecular weight is 169 g/mol. The van der Waals surface area contributed by atoms with Gasteiger partial charge in [0.05, 0.1) is 6.20 Å². The summed E-state index contributed by atoms with van der Waals surface area (Å²) in [5, 5.41) is 12.8. The van der Waals surface area contributed by atoms with E-state index in [2.05, 4.69) is 5.10 Å². The molecular weight excluding hydrogens is 154 g/mol. The molecule has 1 heterocycles. The van der Waals surface area contributed by atoms with Gasteiger partial charge in [0.25, 0.3) is 0 Å². The van der Waals surface area contributed by atoms with Crippen molar-refractivity contribution in [2.45, 2.75) is 26.3 Å². The Morgan fingerprint density at radius 3 is 2.75 bits per heavy atom. The van der Waals surface area contributed by atoms with Crippen LogP contribution in [0.25, 0.3) is 0 Å². The molecule has 68 valence electrons. The summed E-state index contributed by atoms with van der Waals surface area (Å²) in [7, 11) is 0. The van der Waals surface area contributed by atoms with Gasteiger partial charge in [0.15, 0.2) is 0 Å². The summed E-state index contributed by atoms with van der Waals surface area (Å²) in [6.45, 7) is 4.16. The summed E-state index contributed by atoms with van der Waals surface area (Å²) >= 11 is 0. The molecule has 3 N–H and O–H groups in total. The van der Waals surface area contributed by atoms with Crippen molar-refractivity contribution >= 4 is 5.82 Å². The van der Waals surface area contributed by atoms with Crippen molar-refractivity contribution in [2.75, 3.05) is 12.3 Å². The molecule has 0 fully saturated rings. The highest BCUT2D eigenvalue weighted by atomic mass is 16.2. The van der Waals surface area contributed by atoms with Gasteiger partial charge in [0, 0.05) is 24.6 Å². The van der Waals surface area contributed by atoms with E-state index < -0.39 is 0 Å². The Morgan fingerprint density at radius 1 is 1.67 bits per heavy atom. The van der Waals surface area contributed by atoms with Crippen LogP contribution in [-0.2, 0) is 6.42 Å². The third-order valence-corrected chi connectivity index (χ3v) is 1.78. The second-order valence-electron chi connectivity index (χ2n) is 3.07. The van der Waals surface area contributed by atoms with Gasteiger partial charge in [-0.25, -0.2) is 4.68 Å². The Kier molecular flexibility index (Phi) is 2.70. The first-order valence-electron chi connectivity index (χ1n) is 4.09. The zero-order chi connectivity index (χ0) is 9.14. The normalized spacial score (nSPS) is 11.0. The molecule has 0 aliphatic carbocycles. The van der Waals surface area contributed by atoms with Crippen molar-refractivity contribution in [2.24, 2.45) is 0 Å². The molecule has 1 aromatic heterocycles. The summed E-state index contributed by atoms with van der Waals surface area (Å²) in [5.74, 6) is 0.666. The van der Waals surface area contributed by atoms with Gasteiger partial charge in [0.1, 0.15) is 5.82 Å². The average Bonchev–Trinajstić information content (AvgIpc) is 2.34. The molecule has 1 rings (SSSR count). The van der Waals surface area contributed by atoms with Crippen LogP contribution < -0.4 is 5.73 Å². The van der Waals surface area contributed by atoms with Crippen molar-refractivity contribution in [1.82, 2.24) is 9.78 Å². The first-order chi connectivity index (χ1) is 5.66. The maximum absolute atomic E-state index is 8.70. The zero-order valence-corrected chi connectivity index (χ0v) is 7.49. The fourth-order valence-corrected chi connectivity index (χ4v) is 1.13. The van der Waals surface area contributed by atoms with Crippen LogP contribution in [0.5, 0.6) is 0 Å². The van der Waals surface area contributed by atoms with Crippen molar-refractivity contribution in [3.8, 4) is 0 Å². The van der Waals surface area contributed by atoms with Crippen LogP contribution in [0.3, 0.4) is 0 Å². The summed E-state index contributed by atoms with van der Waals surface area (Å²) in [6, 6.07) is 0.275. The molecule has 0 radical (unpaired) electrons. The van der Waals surface area contributed by atoms with Crippen LogP contribution >= 0.6 is 0 Å². The molecular formula is C8H15N3O. The molecule has 0 unspecified atom stereocenters. The molecule has 0 bridgehead atoms.